The minimum Gasteiger partial charge on any atom is -0.308 e. The summed E-state index contributed by atoms with van der Waals surface area (Å²) in [6.45, 7) is 5.60. The van der Waals surface area contributed by atoms with Crippen molar-refractivity contribution in [2.24, 2.45) is 0 Å². The van der Waals surface area contributed by atoms with Gasteiger partial charge in [0.2, 0.25) is 11.7 Å². The van der Waals surface area contributed by atoms with Crippen LogP contribution >= 0.6 is 0 Å². The van der Waals surface area contributed by atoms with E-state index < -0.39 is 4.92 Å². The van der Waals surface area contributed by atoms with E-state index in [9.17, 15) is 20.2 Å². The molecule has 0 saturated heterocycles. The van der Waals surface area contributed by atoms with Crippen molar-refractivity contribution in [3.8, 4) is 11.8 Å². The summed E-state index contributed by atoms with van der Waals surface area (Å²) in [5.41, 5.74) is 3.42. The molecule has 0 atom stereocenters. The van der Waals surface area contributed by atoms with E-state index in [1.165, 1.54) is 11.1 Å². The van der Waals surface area contributed by atoms with Crippen LogP contribution in [-0.4, -0.2) is 20.4 Å². The molecule has 0 bridgehead atoms. The zero-order valence-corrected chi connectivity index (χ0v) is 17.7. The summed E-state index contributed by atoms with van der Waals surface area (Å²) in [5, 5.41) is 21.0. The van der Waals surface area contributed by atoms with Crippen LogP contribution in [0.1, 0.15) is 42.1 Å². The largest absolute Gasteiger partial charge is 0.314 e. The number of hydrogen-bond donors (Lipinski definition) is 0. The molecule has 0 N–H and O–H groups in total. The summed E-state index contributed by atoms with van der Waals surface area (Å²) in [7, 11) is 0. The van der Waals surface area contributed by atoms with E-state index in [0.717, 1.165) is 16.8 Å². The van der Waals surface area contributed by atoms with Crippen molar-refractivity contribution in [2.45, 2.75) is 40.2 Å². The third-order valence-electron chi connectivity index (χ3n) is 4.94. The Balaban J connectivity index is 1.97. The number of amides is 1. The first-order valence-electron chi connectivity index (χ1n) is 9.94. The summed E-state index contributed by atoms with van der Waals surface area (Å²) in [5.74, 6) is -0.166. The molecule has 8 nitrogen and oxygen atoms in total. The molecule has 158 valence electrons. The van der Waals surface area contributed by atoms with E-state index in [2.05, 4.69) is 11.1 Å². The van der Waals surface area contributed by atoms with Gasteiger partial charge in [0.15, 0.2) is 0 Å². The number of aryl methyl sites for hydroxylation is 2. The zero-order chi connectivity index (χ0) is 22.5. The summed E-state index contributed by atoms with van der Waals surface area (Å²) >= 11 is 0. The van der Waals surface area contributed by atoms with Gasteiger partial charge in [-0.05, 0) is 55.7 Å². The Morgan fingerprint density at radius 3 is 2.58 bits per heavy atom. The van der Waals surface area contributed by atoms with E-state index in [0.29, 0.717) is 17.7 Å². The molecular formula is C23H23N5O3. The molecule has 0 spiro atoms. The van der Waals surface area contributed by atoms with E-state index in [1.807, 2.05) is 50.4 Å². The number of nitrogens with zero attached hydrogens (tertiary/aromatic N) is 5. The Morgan fingerprint density at radius 2 is 1.97 bits per heavy atom. The number of hydrogen-bond acceptors (Lipinski definition) is 5. The summed E-state index contributed by atoms with van der Waals surface area (Å²) in [4.78, 5) is 29.5. The fourth-order valence-corrected chi connectivity index (χ4v) is 3.43. The third kappa shape index (κ3) is 4.61. The monoisotopic (exact) mass is 417 g/mol. The molecule has 0 saturated carbocycles. The number of pyridine rings is 1. The minimum absolute atomic E-state index is 0.0559. The average molecular weight is 417 g/mol. The zero-order valence-electron chi connectivity index (χ0n) is 17.7. The van der Waals surface area contributed by atoms with E-state index in [1.54, 1.807) is 17.6 Å². The second-order valence-electron chi connectivity index (χ2n) is 7.34. The molecule has 0 fully saturated rings. The van der Waals surface area contributed by atoms with Gasteiger partial charge in [-0.1, -0.05) is 19.1 Å². The second kappa shape index (κ2) is 9.22. The number of aromatic nitrogens is 2. The van der Waals surface area contributed by atoms with Gasteiger partial charge in [0, 0.05) is 30.1 Å². The number of nitro groups is 1. The Hall–Kier alpha value is -3.99. The molecular weight excluding hydrogens is 394 g/mol. The fourth-order valence-electron chi connectivity index (χ4n) is 3.43. The lowest BCUT2D eigenvalue weighted by Gasteiger charge is -2.22. The van der Waals surface area contributed by atoms with E-state index in [4.69, 9.17) is 0 Å². The highest BCUT2D eigenvalue weighted by Crippen LogP contribution is 2.31. The SMILES string of the molecule is CCCC(=O)N(Cc1ccc(-n2cc(C)cc2C#N)cc1)c1nccc(C)c1[N+](=O)[O-]. The number of anilines is 1. The van der Waals surface area contributed by atoms with Gasteiger partial charge < -0.3 is 4.57 Å². The molecule has 2 aromatic heterocycles. The minimum atomic E-state index is -0.495. The first-order valence-corrected chi connectivity index (χ1v) is 9.94. The average Bonchev–Trinajstić information content (AvgIpc) is 3.13. The van der Waals surface area contributed by atoms with Crippen molar-refractivity contribution in [1.82, 2.24) is 9.55 Å². The quantitative estimate of drug-likeness (QED) is 0.412. The second-order valence-corrected chi connectivity index (χ2v) is 7.34. The van der Waals surface area contributed by atoms with Crippen LogP contribution in [0, 0.1) is 35.3 Å². The number of benzene rings is 1. The first-order chi connectivity index (χ1) is 14.8. The highest BCUT2D eigenvalue weighted by molar-refractivity contribution is 5.94. The van der Waals surface area contributed by atoms with Crippen LogP contribution in [0.15, 0.2) is 48.8 Å². The number of rotatable bonds is 7. The van der Waals surface area contributed by atoms with Gasteiger partial charge in [-0.25, -0.2) is 4.98 Å². The number of nitriles is 1. The molecule has 0 aliphatic heterocycles. The van der Waals surface area contributed by atoms with E-state index >= 15 is 0 Å². The van der Waals surface area contributed by atoms with Gasteiger partial charge in [-0.15, -0.1) is 0 Å². The molecule has 8 heteroatoms. The Labute approximate surface area is 180 Å². The van der Waals surface area contributed by atoms with Crippen molar-refractivity contribution in [1.29, 1.82) is 5.26 Å². The first kappa shape index (κ1) is 21.7. The van der Waals surface area contributed by atoms with Crippen LogP contribution in [0.5, 0.6) is 0 Å². The van der Waals surface area contributed by atoms with E-state index in [-0.39, 0.29) is 30.4 Å². The molecule has 1 amide bonds. The summed E-state index contributed by atoms with van der Waals surface area (Å²) in [6, 6.07) is 12.9. The van der Waals surface area contributed by atoms with Crippen LogP contribution in [0.4, 0.5) is 11.5 Å². The van der Waals surface area contributed by atoms with Crippen molar-refractivity contribution in [3.63, 3.8) is 0 Å². The lowest BCUT2D eigenvalue weighted by molar-refractivity contribution is -0.384. The maximum atomic E-state index is 12.8. The van der Waals surface area contributed by atoms with Gasteiger partial charge in [0.05, 0.1) is 11.5 Å². The maximum Gasteiger partial charge on any atom is 0.314 e. The molecule has 0 aliphatic carbocycles. The summed E-state index contributed by atoms with van der Waals surface area (Å²) in [6.07, 6.45) is 4.24. The molecule has 3 aromatic rings. The highest BCUT2D eigenvalue weighted by Gasteiger charge is 2.27. The highest BCUT2D eigenvalue weighted by atomic mass is 16.6. The van der Waals surface area contributed by atoms with Crippen LogP contribution in [-0.2, 0) is 11.3 Å². The molecule has 0 aliphatic rings. The predicted octanol–water partition coefficient (Wildman–Crippen LogP) is 4.60. The fraction of sp³-hybridized carbons (Fsp3) is 0.261. The van der Waals surface area contributed by atoms with Crippen LogP contribution < -0.4 is 4.90 Å². The smallest absolute Gasteiger partial charge is 0.308 e. The van der Waals surface area contributed by atoms with Crippen molar-refractivity contribution >= 4 is 17.4 Å². The lowest BCUT2D eigenvalue weighted by Crippen LogP contribution is -2.31. The van der Waals surface area contributed by atoms with Gasteiger partial charge in [0.25, 0.3) is 0 Å². The van der Waals surface area contributed by atoms with Gasteiger partial charge >= 0.3 is 5.69 Å². The molecule has 0 radical (unpaired) electrons. The van der Waals surface area contributed by atoms with Crippen molar-refractivity contribution in [2.75, 3.05) is 4.90 Å². The van der Waals surface area contributed by atoms with Gasteiger partial charge in [0.1, 0.15) is 11.8 Å². The summed E-state index contributed by atoms with van der Waals surface area (Å²) < 4.78 is 1.80. The number of carbonyl (C=O) groups is 1. The molecule has 3 rings (SSSR count). The predicted molar refractivity (Wildman–Crippen MR) is 117 cm³/mol. The maximum absolute atomic E-state index is 12.8. The van der Waals surface area contributed by atoms with Crippen LogP contribution in [0.3, 0.4) is 0 Å². The Morgan fingerprint density at radius 1 is 1.26 bits per heavy atom. The third-order valence-corrected chi connectivity index (χ3v) is 4.94. The molecule has 0 unspecified atom stereocenters. The van der Waals surface area contributed by atoms with Crippen LogP contribution in [0.2, 0.25) is 0 Å². The molecule has 2 heterocycles. The molecule has 31 heavy (non-hydrogen) atoms. The van der Waals surface area contributed by atoms with Crippen molar-refractivity contribution < 1.29 is 9.72 Å². The van der Waals surface area contributed by atoms with Crippen molar-refractivity contribution in [3.05, 3.63) is 81.3 Å². The van der Waals surface area contributed by atoms with Crippen LogP contribution in [0.25, 0.3) is 5.69 Å². The topological polar surface area (TPSA) is 105 Å². The lowest BCUT2D eigenvalue weighted by atomic mass is 10.1. The molecule has 1 aromatic carbocycles. The standard InChI is InChI=1S/C23H23N5O3/c1-4-5-21(29)27(23-22(28(30)31)17(3)10-11-25-23)15-18-6-8-19(9-7-18)26-14-16(2)12-20(26)13-24/h6-12,14H,4-5,15H2,1-3H3. The number of carbonyl (C=O) groups excluding carboxylic acids is 1. The van der Waals surface area contributed by atoms with Gasteiger partial charge in [-0.2, -0.15) is 5.26 Å². The Kier molecular flexibility index (Phi) is 6.46. The Bertz CT molecular complexity index is 1160. The normalized spacial score (nSPS) is 10.5. The van der Waals surface area contributed by atoms with Gasteiger partial charge in [-0.3, -0.25) is 19.8 Å².